The summed E-state index contributed by atoms with van der Waals surface area (Å²) in [6.45, 7) is 21.6. The first-order chi connectivity index (χ1) is 8.17. The molecule has 0 N–H and O–H groups in total. The SMILES string of the molecule is C[Si](C)(C)[Si](CCCC(=O)[O-])([Si](C)(C)C)[Si](C)(C)C. The Hall–Kier alpha value is 0.338. The second-order valence-electron chi connectivity index (χ2n) is 8.88. The summed E-state index contributed by atoms with van der Waals surface area (Å²) in [7, 11) is -3.69. The van der Waals surface area contributed by atoms with Crippen molar-refractivity contribution in [2.45, 2.75) is 77.8 Å². The van der Waals surface area contributed by atoms with Crippen LogP contribution in [-0.2, 0) is 4.79 Å². The smallest absolute Gasteiger partial charge is 0.0414 e. The van der Waals surface area contributed by atoms with E-state index in [1.807, 2.05) is 0 Å². The molecular formula is C13H33O2Si4-. The zero-order chi connectivity index (χ0) is 15.7. The van der Waals surface area contributed by atoms with Gasteiger partial charge in [0, 0.05) is 35.4 Å². The van der Waals surface area contributed by atoms with Crippen LogP contribution in [0.4, 0.5) is 0 Å². The first-order valence-corrected chi connectivity index (χ1v) is 23.1. The highest BCUT2D eigenvalue weighted by Gasteiger charge is 2.60. The third-order valence-electron chi connectivity index (χ3n) is 4.77. The van der Waals surface area contributed by atoms with E-state index in [1.54, 1.807) is 0 Å². The van der Waals surface area contributed by atoms with Gasteiger partial charge in [0.25, 0.3) is 0 Å². The largest absolute Gasteiger partial charge is 0.550 e. The molecule has 0 aliphatic heterocycles. The minimum Gasteiger partial charge on any atom is -0.550 e. The lowest BCUT2D eigenvalue weighted by Crippen LogP contribution is -2.82. The molecule has 2 nitrogen and oxygen atoms in total. The zero-order valence-electron chi connectivity index (χ0n) is 14.4. The molecule has 0 aromatic rings. The van der Waals surface area contributed by atoms with E-state index in [1.165, 1.54) is 6.04 Å². The third-order valence-corrected chi connectivity index (χ3v) is 79.4. The predicted molar refractivity (Wildman–Crippen MR) is 94.8 cm³/mol. The van der Waals surface area contributed by atoms with Gasteiger partial charge >= 0.3 is 0 Å². The number of aliphatic carboxylic acids is 1. The van der Waals surface area contributed by atoms with E-state index in [0.29, 0.717) is 0 Å². The molecule has 0 saturated heterocycles. The van der Waals surface area contributed by atoms with Crippen molar-refractivity contribution in [3.8, 4) is 0 Å². The predicted octanol–water partition coefficient (Wildman–Crippen LogP) is 3.22. The molecule has 19 heavy (non-hydrogen) atoms. The lowest BCUT2D eigenvalue weighted by Gasteiger charge is -2.58. The van der Waals surface area contributed by atoms with Gasteiger partial charge in [0.15, 0.2) is 0 Å². The molecule has 0 aliphatic carbocycles. The van der Waals surface area contributed by atoms with Crippen molar-refractivity contribution in [2.75, 3.05) is 0 Å². The Kier molecular flexibility index (Phi) is 6.10. The van der Waals surface area contributed by atoms with E-state index < -0.39 is 35.4 Å². The Morgan fingerprint density at radius 3 is 1.32 bits per heavy atom. The lowest BCUT2D eigenvalue weighted by atomic mass is 10.3. The summed E-state index contributed by atoms with van der Waals surface area (Å²) < 4.78 is 0. The van der Waals surface area contributed by atoms with Gasteiger partial charge < -0.3 is 9.90 Å². The van der Waals surface area contributed by atoms with Crippen molar-refractivity contribution >= 4 is 35.4 Å². The van der Waals surface area contributed by atoms with Crippen LogP contribution in [0, 0.1) is 0 Å². The van der Waals surface area contributed by atoms with Crippen molar-refractivity contribution in [1.29, 1.82) is 0 Å². The Labute approximate surface area is 123 Å². The monoisotopic (exact) mass is 333 g/mol. The maximum Gasteiger partial charge on any atom is 0.0414 e. The number of hydrogen-bond acceptors (Lipinski definition) is 2. The second kappa shape index (κ2) is 5.99. The molecular weight excluding hydrogens is 300 g/mol. The molecule has 0 aromatic heterocycles. The summed E-state index contributed by atoms with van der Waals surface area (Å²) in [4.78, 5) is 10.8. The highest BCUT2D eigenvalue weighted by Crippen LogP contribution is 2.40. The first kappa shape index (κ1) is 19.3. The van der Waals surface area contributed by atoms with Crippen molar-refractivity contribution in [2.24, 2.45) is 0 Å². The molecule has 0 bridgehead atoms. The molecule has 0 rings (SSSR count). The zero-order valence-corrected chi connectivity index (χ0v) is 18.4. The summed E-state index contributed by atoms with van der Waals surface area (Å²) >= 11 is 0. The normalized spacial score (nSPS) is 14.6. The average Bonchev–Trinajstić information content (AvgIpc) is 2.04. The Balaban J connectivity index is 5.62. The van der Waals surface area contributed by atoms with Crippen LogP contribution in [0.25, 0.3) is 0 Å². The van der Waals surface area contributed by atoms with E-state index in [2.05, 4.69) is 58.9 Å². The maximum absolute atomic E-state index is 10.8. The fourth-order valence-electron chi connectivity index (χ4n) is 5.00. The lowest BCUT2D eigenvalue weighted by molar-refractivity contribution is -0.305. The van der Waals surface area contributed by atoms with Gasteiger partial charge in [0.2, 0.25) is 0 Å². The molecule has 0 aromatic carbocycles. The molecule has 0 saturated carbocycles. The van der Waals surface area contributed by atoms with Crippen LogP contribution in [0.5, 0.6) is 0 Å². The molecule has 0 radical (unpaired) electrons. The number of rotatable bonds is 7. The van der Waals surface area contributed by atoms with E-state index in [9.17, 15) is 9.90 Å². The van der Waals surface area contributed by atoms with Crippen LogP contribution in [0.3, 0.4) is 0 Å². The van der Waals surface area contributed by atoms with Crippen LogP contribution in [0.2, 0.25) is 65.0 Å². The number of carbonyl (C=O) groups is 1. The molecule has 0 atom stereocenters. The van der Waals surface area contributed by atoms with Crippen LogP contribution in [0.1, 0.15) is 12.8 Å². The van der Waals surface area contributed by atoms with Crippen LogP contribution in [0.15, 0.2) is 0 Å². The summed E-state index contributed by atoms with van der Waals surface area (Å²) in [5, 5.41) is 10.8. The topological polar surface area (TPSA) is 40.1 Å². The molecule has 0 heterocycles. The van der Waals surface area contributed by atoms with Gasteiger partial charge in [-0.1, -0.05) is 71.4 Å². The van der Waals surface area contributed by atoms with Crippen molar-refractivity contribution in [3.05, 3.63) is 0 Å². The molecule has 0 amide bonds. The summed E-state index contributed by atoms with van der Waals surface area (Å²) in [6.07, 6.45) is 1.11. The minimum atomic E-state index is -1.34. The fourth-order valence-corrected chi connectivity index (χ4v) is 104. The standard InChI is InChI=1S/C13H34O2Si4/c1-16(2,3)19(17(4,5)6,18(7,8)9)12-10-11-13(14)15/h10-12H2,1-9H3,(H,14,15)/p-1. The Morgan fingerprint density at radius 1 is 0.789 bits per heavy atom. The van der Waals surface area contributed by atoms with Crippen molar-refractivity contribution < 1.29 is 9.90 Å². The van der Waals surface area contributed by atoms with Crippen molar-refractivity contribution in [1.82, 2.24) is 0 Å². The number of carboxylic acids is 1. The number of hydrogen-bond donors (Lipinski definition) is 0. The van der Waals surface area contributed by atoms with Crippen molar-refractivity contribution in [3.63, 3.8) is 0 Å². The van der Waals surface area contributed by atoms with Gasteiger partial charge in [-0.15, -0.1) is 0 Å². The molecule has 0 aliphatic rings. The summed E-state index contributed by atoms with van der Waals surface area (Å²) in [5.74, 6) is -0.871. The van der Waals surface area contributed by atoms with Gasteiger partial charge in [-0.3, -0.25) is 0 Å². The molecule has 114 valence electrons. The van der Waals surface area contributed by atoms with E-state index in [-0.39, 0.29) is 6.42 Å². The van der Waals surface area contributed by atoms with E-state index in [4.69, 9.17) is 0 Å². The average molecular weight is 334 g/mol. The number of carbonyl (C=O) groups excluding carboxylic acids is 1. The van der Waals surface area contributed by atoms with Gasteiger partial charge in [0.05, 0.1) is 0 Å². The van der Waals surface area contributed by atoms with E-state index >= 15 is 0 Å². The minimum absolute atomic E-state index is 0.258. The highest BCUT2D eigenvalue weighted by molar-refractivity contribution is 7.89. The maximum atomic E-state index is 10.8. The number of carboxylic acid groups (broad SMARTS) is 1. The summed E-state index contributed by atoms with van der Waals surface area (Å²) in [6, 6.07) is 1.24. The van der Waals surface area contributed by atoms with Gasteiger partial charge in [0.1, 0.15) is 0 Å². The molecule has 0 spiro atoms. The summed E-state index contributed by atoms with van der Waals surface area (Å²) in [5.41, 5.74) is 0. The third kappa shape index (κ3) is 4.15. The highest BCUT2D eigenvalue weighted by atomic mass is 29.9. The first-order valence-electron chi connectivity index (χ1n) is 7.37. The Morgan fingerprint density at radius 2 is 1.11 bits per heavy atom. The van der Waals surface area contributed by atoms with E-state index in [0.717, 1.165) is 6.42 Å². The Bertz CT molecular complexity index is 285. The van der Waals surface area contributed by atoms with Crippen LogP contribution >= 0.6 is 0 Å². The molecule has 0 unspecified atom stereocenters. The van der Waals surface area contributed by atoms with Crippen LogP contribution in [-0.4, -0.2) is 35.4 Å². The molecule has 0 fully saturated rings. The fraction of sp³-hybridized carbons (Fsp3) is 0.923. The quantitative estimate of drug-likeness (QED) is 0.671. The van der Waals surface area contributed by atoms with Gasteiger partial charge in [-0.25, -0.2) is 0 Å². The molecule has 6 heteroatoms. The van der Waals surface area contributed by atoms with Gasteiger partial charge in [-0.05, 0) is 6.42 Å². The van der Waals surface area contributed by atoms with Crippen LogP contribution < -0.4 is 5.11 Å². The second-order valence-corrected chi connectivity index (χ2v) is 50.4. The van der Waals surface area contributed by atoms with Gasteiger partial charge in [-0.2, -0.15) is 0 Å².